The van der Waals surface area contributed by atoms with E-state index in [4.69, 9.17) is 0 Å². The molecule has 110 valence electrons. The summed E-state index contributed by atoms with van der Waals surface area (Å²) in [7, 11) is -3.33. The lowest BCUT2D eigenvalue weighted by Crippen LogP contribution is -2.14. The van der Waals surface area contributed by atoms with E-state index in [0.717, 1.165) is 6.26 Å². The number of H-pyrrole nitrogens is 1. The van der Waals surface area contributed by atoms with E-state index in [-0.39, 0.29) is 11.5 Å². The van der Waals surface area contributed by atoms with Gasteiger partial charge in [0.05, 0.1) is 11.8 Å². The molecule has 0 bridgehead atoms. The molecule has 0 saturated carbocycles. The van der Waals surface area contributed by atoms with Crippen molar-refractivity contribution in [3.8, 4) is 0 Å². The number of amides is 1. The average Bonchev–Trinajstić information content (AvgIpc) is 2.40. The van der Waals surface area contributed by atoms with Crippen LogP contribution in [-0.2, 0) is 10.0 Å². The van der Waals surface area contributed by atoms with Crippen LogP contribution in [0.3, 0.4) is 0 Å². The van der Waals surface area contributed by atoms with E-state index in [0.29, 0.717) is 16.9 Å². The van der Waals surface area contributed by atoms with Gasteiger partial charge in [-0.2, -0.15) is 0 Å². The van der Waals surface area contributed by atoms with Crippen LogP contribution in [0.4, 0.5) is 11.4 Å². The van der Waals surface area contributed by atoms with Gasteiger partial charge in [-0.1, -0.05) is 0 Å². The van der Waals surface area contributed by atoms with E-state index in [9.17, 15) is 18.0 Å². The van der Waals surface area contributed by atoms with Gasteiger partial charge >= 0.3 is 0 Å². The van der Waals surface area contributed by atoms with E-state index in [1.807, 2.05) is 0 Å². The number of anilines is 2. The first-order chi connectivity index (χ1) is 9.83. The van der Waals surface area contributed by atoms with Gasteiger partial charge in [-0.25, -0.2) is 8.42 Å². The molecule has 2 rings (SSSR count). The predicted molar refractivity (Wildman–Crippen MR) is 79.9 cm³/mol. The Labute approximate surface area is 121 Å². The lowest BCUT2D eigenvalue weighted by Gasteiger charge is -2.07. The highest BCUT2D eigenvalue weighted by molar-refractivity contribution is 7.92. The number of nitrogens with one attached hydrogen (secondary N) is 3. The second-order valence-electron chi connectivity index (χ2n) is 4.35. The summed E-state index contributed by atoms with van der Waals surface area (Å²) in [4.78, 5) is 25.2. The van der Waals surface area contributed by atoms with E-state index >= 15 is 0 Å². The normalized spacial score (nSPS) is 10.9. The number of pyridine rings is 1. The smallest absolute Gasteiger partial charge is 0.257 e. The number of hydrogen-bond acceptors (Lipinski definition) is 4. The molecule has 7 nitrogen and oxygen atoms in total. The fourth-order valence-corrected chi connectivity index (χ4v) is 2.15. The number of carbonyl (C=O) groups excluding carboxylic acids is 1. The van der Waals surface area contributed by atoms with Crippen LogP contribution < -0.4 is 15.6 Å². The highest BCUT2D eigenvalue weighted by Crippen LogP contribution is 2.15. The maximum atomic E-state index is 11.9. The van der Waals surface area contributed by atoms with Crippen LogP contribution in [0.15, 0.2) is 47.4 Å². The molecule has 0 fully saturated rings. The van der Waals surface area contributed by atoms with Crippen molar-refractivity contribution in [3.63, 3.8) is 0 Å². The SMILES string of the molecule is CS(=O)(=O)Nc1ccc(NC(=O)c2ccc(=O)[nH]c2)cc1. The van der Waals surface area contributed by atoms with E-state index < -0.39 is 10.0 Å². The number of rotatable bonds is 4. The third kappa shape index (κ3) is 4.46. The minimum atomic E-state index is -3.33. The Hall–Kier alpha value is -2.61. The van der Waals surface area contributed by atoms with Gasteiger partial charge in [0, 0.05) is 23.6 Å². The Kier molecular flexibility index (Phi) is 4.08. The summed E-state index contributed by atoms with van der Waals surface area (Å²) in [5.74, 6) is -0.380. The number of aromatic nitrogens is 1. The fraction of sp³-hybridized carbons (Fsp3) is 0.0769. The van der Waals surface area contributed by atoms with Gasteiger partial charge < -0.3 is 10.3 Å². The van der Waals surface area contributed by atoms with E-state index in [2.05, 4.69) is 15.0 Å². The monoisotopic (exact) mass is 307 g/mol. The van der Waals surface area contributed by atoms with E-state index in [1.54, 1.807) is 12.1 Å². The first kappa shape index (κ1) is 14.8. The summed E-state index contributed by atoms with van der Waals surface area (Å²) in [5, 5.41) is 2.63. The average molecular weight is 307 g/mol. The topological polar surface area (TPSA) is 108 Å². The third-order valence-electron chi connectivity index (χ3n) is 2.49. The number of carbonyl (C=O) groups is 1. The molecule has 0 aliphatic carbocycles. The molecular weight excluding hydrogens is 294 g/mol. The molecule has 1 aromatic heterocycles. The lowest BCUT2D eigenvalue weighted by atomic mass is 10.2. The maximum Gasteiger partial charge on any atom is 0.257 e. The van der Waals surface area contributed by atoms with Gasteiger partial charge in [0.25, 0.3) is 5.91 Å². The van der Waals surface area contributed by atoms with Crippen LogP contribution in [0.5, 0.6) is 0 Å². The van der Waals surface area contributed by atoms with Crippen molar-refractivity contribution in [2.24, 2.45) is 0 Å². The summed E-state index contributed by atoms with van der Waals surface area (Å²) in [6.07, 6.45) is 2.37. The molecule has 0 aliphatic rings. The molecule has 1 heterocycles. The van der Waals surface area contributed by atoms with Crippen LogP contribution in [0.25, 0.3) is 0 Å². The summed E-state index contributed by atoms with van der Waals surface area (Å²) >= 11 is 0. The zero-order valence-corrected chi connectivity index (χ0v) is 11.9. The maximum absolute atomic E-state index is 11.9. The Morgan fingerprint density at radius 2 is 1.67 bits per heavy atom. The molecule has 1 amide bonds. The van der Waals surface area contributed by atoms with Crippen molar-refractivity contribution < 1.29 is 13.2 Å². The van der Waals surface area contributed by atoms with Crippen molar-refractivity contribution in [2.75, 3.05) is 16.3 Å². The number of aromatic amines is 1. The van der Waals surface area contributed by atoms with Crippen molar-refractivity contribution in [2.45, 2.75) is 0 Å². The summed E-state index contributed by atoms with van der Waals surface area (Å²) in [5.41, 5.74) is 0.931. The highest BCUT2D eigenvalue weighted by Gasteiger charge is 2.06. The molecule has 0 radical (unpaired) electrons. The van der Waals surface area contributed by atoms with Crippen LogP contribution in [0.2, 0.25) is 0 Å². The van der Waals surface area contributed by atoms with Gasteiger partial charge in [0.1, 0.15) is 0 Å². The van der Waals surface area contributed by atoms with Gasteiger partial charge in [-0.15, -0.1) is 0 Å². The highest BCUT2D eigenvalue weighted by atomic mass is 32.2. The zero-order valence-electron chi connectivity index (χ0n) is 11.1. The quantitative estimate of drug-likeness (QED) is 0.783. The molecule has 0 saturated heterocycles. The lowest BCUT2D eigenvalue weighted by molar-refractivity contribution is 0.102. The van der Waals surface area contributed by atoms with Gasteiger partial charge in [-0.05, 0) is 30.3 Å². The number of hydrogen-bond donors (Lipinski definition) is 3. The predicted octanol–water partition coefficient (Wildman–Crippen LogP) is 0.999. The zero-order chi connectivity index (χ0) is 15.5. The molecule has 8 heteroatoms. The first-order valence-electron chi connectivity index (χ1n) is 5.91. The molecule has 0 atom stereocenters. The summed E-state index contributed by atoms with van der Waals surface area (Å²) in [6.45, 7) is 0. The molecule has 21 heavy (non-hydrogen) atoms. The standard InChI is InChI=1S/C13H13N3O4S/c1-21(19,20)16-11-5-3-10(4-6-11)15-13(18)9-2-7-12(17)14-8-9/h2-8,16H,1H3,(H,14,17)(H,15,18). The van der Waals surface area contributed by atoms with Gasteiger partial charge in [0.2, 0.25) is 15.6 Å². The molecule has 2 aromatic rings. The van der Waals surface area contributed by atoms with Crippen LogP contribution in [-0.4, -0.2) is 25.6 Å². The minimum Gasteiger partial charge on any atom is -0.328 e. The van der Waals surface area contributed by atoms with E-state index in [1.165, 1.54) is 30.5 Å². The molecular formula is C13H13N3O4S. The van der Waals surface area contributed by atoms with Crippen LogP contribution in [0.1, 0.15) is 10.4 Å². The van der Waals surface area contributed by atoms with Crippen molar-refractivity contribution >= 4 is 27.3 Å². The molecule has 0 aliphatic heterocycles. The largest absolute Gasteiger partial charge is 0.328 e. The second-order valence-corrected chi connectivity index (χ2v) is 6.10. The Morgan fingerprint density at radius 1 is 1.05 bits per heavy atom. The minimum absolute atomic E-state index is 0.289. The molecule has 0 spiro atoms. The van der Waals surface area contributed by atoms with Gasteiger partial charge in [-0.3, -0.25) is 14.3 Å². The third-order valence-corrected chi connectivity index (χ3v) is 3.10. The van der Waals surface area contributed by atoms with Crippen molar-refractivity contribution in [3.05, 3.63) is 58.5 Å². The number of sulfonamides is 1. The summed E-state index contributed by atoms with van der Waals surface area (Å²) in [6, 6.07) is 8.86. The molecule has 0 unspecified atom stereocenters. The van der Waals surface area contributed by atoms with Crippen LogP contribution >= 0.6 is 0 Å². The molecule has 3 N–H and O–H groups in total. The Balaban J connectivity index is 2.08. The van der Waals surface area contributed by atoms with Crippen LogP contribution in [0, 0.1) is 0 Å². The number of benzene rings is 1. The summed E-state index contributed by atoms with van der Waals surface area (Å²) < 4.78 is 24.5. The van der Waals surface area contributed by atoms with Crippen molar-refractivity contribution in [1.82, 2.24) is 4.98 Å². The van der Waals surface area contributed by atoms with Crippen molar-refractivity contribution in [1.29, 1.82) is 0 Å². The van der Waals surface area contributed by atoms with Gasteiger partial charge in [0.15, 0.2) is 0 Å². The first-order valence-corrected chi connectivity index (χ1v) is 7.80. The second kappa shape index (κ2) is 5.80. The molecule has 1 aromatic carbocycles. The fourth-order valence-electron chi connectivity index (χ4n) is 1.59. The Bertz CT molecular complexity index is 790. The Morgan fingerprint density at radius 3 is 2.19 bits per heavy atom.